The van der Waals surface area contributed by atoms with E-state index < -0.39 is 11.6 Å². The Morgan fingerprint density at radius 1 is 1.15 bits per heavy atom. The van der Waals surface area contributed by atoms with Crippen LogP contribution in [0.1, 0.15) is 23.6 Å². The number of amides is 3. The average molecular weight is 373 g/mol. The van der Waals surface area contributed by atoms with Crippen LogP contribution in [0.25, 0.3) is 0 Å². The molecule has 26 heavy (non-hydrogen) atoms. The molecule has 136 valence electrons. The summed E-state index contributed by atoms with van der Waals surface area (Å²) in [5, 5.41) is 3.20. The molecule has 0 radical (unpaired) electrons. The van der Waals surface area contributed by atoms with Crippen LogP contribution >= 0.6 is 11.6 Å². The fraction of sp³-hybridized carbons (Fsp3) is 0.300. The minimum Gasteiger partial charge on any atom is -0.491 e. The summed E-state index contributed by atoms with van der Waals surface area (Å²) in [6, 6.07) is 12.5. The summed E-state index contributed by atoms with van der Waals surface area (Å²) in [6.07, 6.45) is 0. The monoisotopic (exact) mass is 372 g/mol. The topological polar surface area (TPSA) is 58.6 Å². The Labute approximate surface area is 157 Å². The number of carbonyl (C=O) groups is 2. The van der Waals surface area contributed by atoms with E-state index in [1.807, 2.05) is 32.0 Å². The third kappa shape index (κ3) is 3.27. The van der Waals surface area contributed by atoms with E-state index in [1.165, 1.54) is 4.90 Å². The van der Waals surface area contributed by atoms with Crippen molar-refractivity contribution in [2.75, 3.05) is 13.2 Å². The maximum atomic E-state index is 12.9. The molecule has 1 fully saturated rings. The Balaban J connectivity index is 1.72. The molecule has 0 bridgehead atoms. The number of hydrogen-bond acceptors (Lipinski definition) is 3. The second kappa shape index (κ2) is 7.00. The van der Waals surface area contributed by atoms with Crippen LogP contribution in [0.3, 0.4) is 0 Å². The molecule has 0 aromatic heterocycles. The normalized spacial score (nSPS) is 19.6. The van der Waals surface area contributed by atoms with Crippen LogP contribution in [0.5, 0.6) is 5.75 Å². The lowest BCUT2D eigenvalue weighted by Gasteiger charge is -2.23. The standard InChI is InChI=1S/C20H21ClN2O3/c1-13-8-9-14(2)17(12-13)26-11-10-23-18(24)20(3,22-19(23)25)15-6-4-5-7-16(15)21/h4-9,12H,10-11H2,1-3H3,(H,22,25). The lowest BCUT2D eigenvalue weighted by Crippen LogP contribution is -2.41. The molecule has 1 atom stereocenters. The highest BCUT2D eigenvalue weighted by molar-refractivity contribution is 6.32. The minimum absolute atomic E-state index is 0.165. The number of rotatable bonds is 5. The van der Waals surface area contributed by atoms with E-state index in [0.29, 0.717) is 10.6 Å². The van der Waals surface area contributed by atoms with E-state index in [4.69, 9.17) is 16.3 Å². The molecule has 5 nitrogen and oxygen atoms in total. The highest BCUT2D eigenvalue weighted by atomic mass is 35.5. The van der Waals surface area contributed by atoms with Gasteiger partial charge in [-0.3, -0.25) is 9.69 Å². The van der Waals surface area contributed by atoms with Crippen LogP contribution in [0.15, 0.2) is 42.5 Å². The van der Waals surface area contributed by atoms with E-state index in [0.717, 1.165) is 16.9 Å². The van der Waals surface area contributed by atoms with Gasteiger partial charge in [0.05, 0.1) is 6.54 Å². The molecule has 1 aliphatic rings. The molecule has 1 unspecified atom stereocenters. The van der Waals surface area contributed by atoms with Crippen LogP contribution in [0.2, 0.25) is 5.02 Å². The molecule has 0 aliphatic carbocycles. The number of halogens is 1. The van der Waals surface area contributed by atoms with Crippen molar-refractivity contribution in [1.82, 2.24) is 10.2 Å². The number of ether oxygens (including phenoxy) is 1. The number of hydrogen-bond donors (Lipinski definition) is 1. The van der Waals surface area contributed by atoms with Gasteiger partial charge in [0.1, 0.15) is 17.9 Å². The van der Waals surface area contributed by atoms with Gasteiger partial charge in [0.25, 0.3) is 5.91 Å². The number of aryl methyl sites for hydroxylation is 2. The Morgan fingerprint density at radius 3 is 2.62 bits per heavy atom. The molecular formula is C20H21ClN2O3. The Hall–Kier alpha value is -2.53. The van der Waals surface area contributed by atoms with Gasteiger partial charge in [-0.05, 0) is 44.0 Å². The van der Waals surface area contributed by atoms with E-state index in [-0.39, 0.29) is 19.1 Å². The fourth-order valence-corrected chi connectivity index (χ4v) is 3.38. The Bertz CT molecular complexity index is 868. The van der Waals surface area contributed by atoms with Crippen LogP contribution in [-0.4, -0.2) is 30.0 Å². The van der Waals surface area contributed by atoms with Crippen molar-refractivity contribution in [3.8, 4) is 5.75 Å². The predicted molar refractivity (Wildman–Crippen MR) is 100 cm³/mol. The van der Waals surface area contributed by atoms with Gasteiger partial charge in [-0.15, -0.1) is 0 Å². The summed E-state index contributed by atoms with van der Waals surface area (Å²) in [5.74, 6) is 0.422. The van der Waals surface area contributed by atoms with Gasteiger partial charge < -0.3 is 10.1 Å². The minimum atomic E-state index is -1.17. The summed E-state index contributed by atoms with van der Waals surface area (Å²) in [7, 11) is 0. The molecule has 2 aromatic carbocycles. The number of nitrogens with one attached hydrogen (secondary N) is 1. The third-order valence-electron chi connectivity index (χ3n) is 4.60. The second-order valence-corrected chi connectivity index (χ2v) is 7.02. The molecule has 6 heteroatoms. The zero-order chi connectivity index (χ0) is 18.9. The van der Waals surface area contributed by atoms with Crippen molar-refractivity contribution >= 4 is 23.5 Å². The van der Waals surface area contributed by atoms with E-state index in [9.17, 15) is 9.59 Å². The molecule has 0 saturated carbocycles. The Kier molecular flexibility index (Phi) is 4.92. The fourth-order valence-electron chi connectivity index (χ4n) is 3.06. The molecule has 1 saturated heterocycles. The maximum absolute atomic E-state index is 12.9. The van der Waals surface area contributed by atoms with Gasteiger partial charge in [-0.2, -0.15) is 0 Å². The zero-order valence-corrected chi connectivity index (χ0v) is 15.8. The molecule has 2 aromatic rings. The van der Waals surface area contributed by atoms with Gasteiger partial charge in [-0.1, -0.05) is 41.9 Å². The summed E-state index contributed by atoms with van der Waals surface area (Å²) < 4.78 is 5.77. The van der Waals surface area contributed by atoms with Crippen LogP contribution in [-0.2, 0) is 10.3 Å². The highest BCUT2D eigenvalue weighted by Crippen LogP contribution is 2.33. The van der Waals surface area contributed by atoms with Crippen molar-refractivity contribution < 1.29 is 14.3 Å². The van der Waals surface area contributed by atoms with Crippen molar-refractivity contribution in [1.29, 1.82) is 0 Å². The molecule has 3 rings (SSSR count). The number of carbonyl (C=O) groups excluding carboxylic acids is 2. The largest absolute Gasteiger partial charge is 0.491 e. The molecular weight excluding hydrogens is 352 g/mol. The molecule has 1 N–H and O–H groups in total. The summed E-state index contributed by atoms with van der Waals surface area (Å²) in [4.78, 5) is 26.4. The van der Waals surface area contributed by atoms with Crippen molar-refractivity contribution in [3.05, 3.63) is 64.2 Å². The predicted octanol–water partition coefficient (Wildman–Crippen LogP) is 3.80. The van der Waals surface area contributed by atoms with Crippen molar-refractivity contribution in [2.45, 2.75) is 26.3 Å². The molecule has 1 heterocycles. The van der Waals surface area contributed by atoms with Crippen LogP contribution < -0.4 is 10.1 Å². The first-order valence-corrected chi connectivity index (χ1v) is 8.80. The maximum Gasteiger partial charge on any atom is 0.325 e. The first kappa shape index (κ1) is 18.3. The van der Waals surface area contributed by atoms with Crippen LogP contribution in [0.4, 0.5) is 4.79 Å². The van der Waals surface area contributed by atoms with Gasteiger partial charge >= 0.3 is 6.03 Å². The first-order valence-electron chi connectivity index (χ1n) is 8.42. The van der Waals surface area contributed by atoms with Crippen molar-refractivity contribution in [2.24, 2.45) is 0 Å². The summed E-state index contributed by atoms with van der Waals surface area (Å²) >= 11 is 6.22. The van der Waals surface area contributed by atoms with Gasteiger partial charge in [-0.25, -0.2) is 4.79 Å². The van der Waals surface area contributed by atoms with E-state index in [2.05, 4.69) is 5.32 Å². The number of benzene rings is 2. The number of urea groups is 1. The SMILES string of the molecule is Cc1ccc(C)c(OCCN2C(=O)NC(C)(c3ccccc3Cl)C2=O)c1. The van der Waals surface area contributed by atoms with Crippen molar-refractivity contribution in [3.63, 3.8) is 0 Å². The second-order valence-electron chi connectivity index (χ2n) is 6.61. The van der Waals surface area contributed by atoms with Gasteiger partial charge in [0.15, 0.2) is 0 Å². The average Bonchev–Trinajstić information content (AvgIpc) is 2.82. The summed E-state index contributed by atoms with van der Waals surface area (Å²) in [6.45, 7) is 6.00. The summed E-state index contributed by atoms with van der Waals surface area (Å²) in [5.41, 5.74) is 1.51. The molecule has 3 amide bonds. The van der Waals surface area contributed by atoms with Crippen LogP contribution in [0, 0.1) is 13.8 Å². The third-order valence-corrected chi connectivity index (χ3v) is 4.93. The van der Waals surface area contributed by atoms with E-state index in [1.54, 1.807) is 31.2 Å². The lowest BCUT2D eigenvalue weighted by atomic mass is 9.92. The Morgan fingerprint density at radius 2 is 1.88 bits per heavy atom. The molecule has 1 aliphatic heterocycles. The lowest BCUT2D eigenvalue weighted by molar-refractivity contribution is -0.131. The molecule has 0 spiro atoms. The smallest absolute Gasteiger partial charge is 0.325 e. The quantitative estimate of drug-likeness (QED) is 0.812. The number of nitrogens with zero attached hydrogens (tertiary/aromatic N) is 1. The first-order chi connectivity index (χ1) is 12.3. The highest BCUT2D eigenvalue weighted by Gasteiger charge is 2.49. The van der Waals surface area contributed by atoms with Gasteiger partial charge in [0, 0.05) is 10.6 Å². The number of imide groups is 1. The zero-order valence-electron chi connectivity index (χ0n) is 15.0. The van der Waals surface area contributed by atoms with E-state index >= 15 is 0 Å². The van der Waals surface area contributed by atoms with Gasteiger partial charge in [0.2, 0.25) is 0 Å².